The molecule has 0 bridgehead atoms. The average Bonchev–Trinajstić information content (AvgIpc) is 3.09. The predicted octanol–water partition coefficient (Wildman–Crippen LogP) is 5.41. The van der Waals surface area contributed by atoms with Gasteiger partial charge in [0.1, 0.15) is 11.3 Å². The molecule has 1 N–H and O–H groups in total. The molecule has 28 heavy (non-hydrogen) atoms. The maximum Gasteiger partial charge on any atom is 0.196 e. The average molecular weight is 391 g/mol. The van der Waals surface area contributed by atoms with Crippen LogP contribution in [0, 0.1) is 20.8 Å². The van der Waals surface area contributed by atoms with E-state index in [1.165, 1.54) is 11.5 Å². The predicted molar refractivity (Wildman–Crippen MR) is 114 cm³/mol. The van der Waals surface area contributed by atoms with E-state index in [0.29, 0.717) is 22.3 Å². The van der Waals surface area contributed by atoms with Crippen LogP contribution in [0.5, 0.6) is 0 Å². The number of anilines is 1. The molecule has 6 heteroatoms. The van der Waals surface area contributed by atoms with E-state index < -0.39 is 0 Å². The molecule has 1 unspecified atom stereocenters. The summed E-state index contributed by atoms with van der Waals surface area (Å²) in [6.45, 7) is 7.84. The van der Waals surface area contributed by atoms with E-state index in [2.05, 4.69) is 27.7 Å². The molecule has 4 aromatic rings. The van der Waals surface area contributed by atoms with Crippen LogP contribution >= 0.6 is 11.5 Å². The van der Waals surface area contributed by atoms with Crippen LogP contribution in [-0.2, 0) is 0 Å². The van der Waals surface area contributed by atoms with Gasteiger partial charge < -0.3 is 9.73 Å². The molecule has 0 radical (unpaired) electrons. The lowest BCUT2D eigenvalue weighted by Gasteiger charge is -2.18. The Bertz CT molecular complexity index is 1210. The lowest BCUT2D eigenvalue weighted by molar-refractivity contribution is 0.605. The first-order valence-corrected chi connectivity index (χ1v) is 9.95. The summed E-state index contributed by atoms with van der Waals surface area (Å²) in [5.41, 5.74) is 5.92. The fraction of sp³-hybridized carbons (Fsp3) is 0.227. The zero-order chi connectivity index (χ0) is 19.8. The zero-order valence-electron chi connectivity index (χ0n) is 16.2. The number of fused-ring (bicyclic) bond motifs is 1. The number of hydrogen-bond donors (Lipinski definition) is 1. The number of aromatic nitrogens is 2. The third-order valence-electron chi connectivity index (χ3n) is 4.90. The fourth-order valence-electron chi connectivity index (χ4n) is 3.40. The van der Waals surface area contributed by atoms with Gasteiger partial charge in [0.05, 0.1) is 22.8 Å². The molecule has 0 fully saturated rings. The topological polar surface area (TPSA) is 68.0 Å². The lowest BCUT2D eigenvalue weighted by Crippen LogP contribution is -2.12. The Labute approximate surface area is 167 Å². The van der Waals surface area contributed by atoms with Crippen molar-refractivity contribution in [1.82, 2.24) is 9.36 Å². The number of hydrogen-bond acceptors (Lipinski definition) is 6. The van der Waals surface area contributed by atoms with Gasteiger partial charge in [0.25, 0.3) is 0 Å². The van der Waals surface area contributed by atoms with Crippen molar-refractivity contribution in [3.8, 4) is 11.3 Å². The number of pyridine rings is 1. The first kappa shape index (κ1) is 18.4. The standard InChI is InChI=1S/C22H21N3O2S/c1-12-8-17(14(3)24-19-11-28-25-15(19)4)22-18(9-12)20(26)13(2)21(27-22)16-6-5-7-23-10-16/h5-11,14,24H,1-4H3. The van der Waals surface area contributed by atoms with Gasteiger partial charge in [0.15, 0.2) is 5.43 Å². The summed E-state index contributed by atoms with van der Waals surface area (Å²) >= 11 is 1.42. The Morgan fingerprint density at radius 3 is 2.71 bits per heavy atom. The number of benzene rings is 1. The molecule has 1 aromatic carbocycles. The van der Waals surface area contributed by atoms with Crippen LogP contribution in [-0.4, -0.2) is 9.36 Å². The molecule has 0 saturated heterocycles. The monoisotopic (exact) mass is 391 g/mol. The van der Waals surface area contributed by atoms with Gasteiger partial charge in [-0.3, -0.25) is 9.78 Å². The minimum atomic E-state index is -0.0508. The van der Waals surface area contributed by atoms with Crippen molar-refractivity contribution in [3.05, 3.63) is 74.6 Å². The molecule has 1 atom stereocenters. The summed E-state index contributed by atoms with van der Waals surface area (Å²) in [5, 5.41) is 6.09. The van der Waals surface area contributed by atoms with Gasteiger partial charge in [-0.05, 0) is 63.0 Å². The van der Waals surface area contributed by atoms with E-state index in [-0.39, 0.29) is 11.5 Å². The van der Waals surface area contributed by atoms with Crippen LogP contribution in [0.3, 0.4) is 0 Å². The maximum atomic E-state index is 13.1. The van der Waals surface area contributed by atoms with E-state index in [1.807, 2.05) is 37.4 Å². The Morgan fingerprint density at radius 2 is 2.04 bits per heavy atom. The molecule has 0 aliphatic carbocycles. The van der Waals surface area contributed by atoms with Gasteiger partial charge in [0.2, 0.25) is 0 Å². The van der Waals surface area contributed by atoms with Crippen LogP contribution < -0.4 is 10.7 Å². The summed E-state index contributed by atoms with van der Waals surface area (Å²) in [6, 6.07) is 7.66. The highest BCUT2D eigenvalue weighted by Gasteiger charge is 2.19. The summed E-state index contributed by atoms with van der Waals surface area (Å²) in [6.07, 6.45) is 3.42. The van der Waals surface area contributed by atoms with E-state index in [9.17, 15) is 4.79 Å². The van der Waals surface area contributed by atoms with Crippen molar-refractivity contribution in [3.63, 3.8) is 0 Å². The smallest absolute Gasteiger partial charge is 0.196 e. The van der Waals surface area contributed by atoms with Gasteiger partial charge in [-0.15, -0.1) is 0 Å². The number of rotatable bonds is 4. The third kappa shape index (κ3) is 3.20. The first-order valence-electron chi connectivity index (χ1n) is 9.11. The Balaban J connectivity index is 1.92. The van der Waals surface area contributed by atoms with E-state index >= 15 is 0 Å². The Morgan fingerprint density at radius 1 is 1.21 bits per heavy atom. The van der Waals surface area contributed by atoms with Crippen molar-refractivity contribution < 1.29 is 4.42 Å². The van der Waals surface area contributed by atoms with E-state index in [1.54, 1.807) is 19.3 Å². The fourth-order valence-corrected chi connectivity index (χ4v) is 4.06. The van der Waals surface area contributed by atoms with Gasteiger partial charge in [-0.1, -0.05) is 6.07 Å². The molecule has 3 aromatic heterocycles. The molecule has 0 amide bonds. The Hall–Kier alpha value is -2.99. The number of nitrogens with one attached hydrogen (secondary N) is 1. The molecule has 142 valence electrons. The normalized spacial score (nSPS) is 12.3. The minimum Gasteiger partial charge on any atom is -0.455 e. The van der Waals surface area contributed by atoms with Crippen molar-refractivity contribution in [2.45, 2.75) is 33.7 Å². The van der Waals surface area contributed by atoms with Crippen molar-refractivity contribution in [2.24, 2.45) is 0 Å². The summed E-state index contributed by atoms with van der Waals surface area (Å²) < 4.78 is 10.6. The van der Waals surface area contributed by atoms with Crippen molar-refractivity contribution in [1.29, 1.82) is 0 Å². The van der Waals surface area contributed by atoms with Crippen LogP contribution in [0.15, 0.2) is 51.3 Å². The highest BCUT2D eigenvalue weighted by molar-refractivity contribution is 7.04. The van der Waals surface area contributed by atoms with Crippen molar-refractivity contribution >= 4 is 28.2 Å². The minimum absolute atomic E-state index is 0.00867. The molecular formula is C22H21N3O2S. The quantitative estimate of drug-likeness (QED) is 0.504. The molecule has 0 saturated carbocycles. The lowest BCUT2D eigenvalue weighted by atomic mass is 9.99. The van der Waals surface area contributed by atoms with Crippen LogP contribution in [0.25, 0.3) is 22.3 Å². The van der Waals surface area contributed by atoms with Gasteiger partial charge >= 0.3 is 0 Å². The van der Waals surface area contributed by atoms with E-state index in [0.717, 1.165) is 28.1 Å². The number of aryl methyl sites for hydroxylation is 2. The van der Waals surface area contributed by atoms with Crippen molar-refractivity contribution in [2.75, 3.05) is 5.32 Å². The van der Waals surface area contributed by atoms with Crippen LogP contribution in [0.4, 0.5) is 5.69 Å². The summed E-state index contributed by atoms with van der Waals surface area (Å²) in [4.78, 5) is 17.3. The molecule has 0 aliphatic heterocycles. The summed E-state index contributed by atoms with van der Waals surface area (Å²) in [5.74, 6) is 0.566. The van der Waals surface area contributed by atoms with Crippen LogP contribution in [0.2, 0.25) is 0 Å². The van der Waals surface area contributed by atoms with Gasteiger partial charge in [0, 0.05) is 34.5 Å². The highest BCUT2D eigenvalue weighted by Crippen LogP contribution is 2.32. The molecule has 3 heterocycles. The largest absolute Gasteiger partial charge is 0.455 e. The van der Waals surface area contributed by atoms with Gasteiger partial charge in [-0.25, -0.2) is 0 Å². The molecule has 5 nitrogen and oxygen atoms in total. The second-order valence-corrected chi connectivity index (χ2v) is 7.67. The SMILES string of the molecule is Cc1cc(C(C)Nc2csnc2C)c2oc(-c3cccnc3)c(C)c(=O)c2c1. The Kier molecular flexibility index (Phi) is 4.73. The highest BCUT2D eigenvalue weighted by atomic mass is 32.1. The maximum absolute atomic E-state index is 13.1. The zero-order valence-corrected chi connectivity index (χ0v) is 17.1. The van der Waals surface area contributed by atoms with Crippen LogP contribution in [0.1, 0.15) is 35.3 Å². The molecule has 0 aliphatic rings. The van der Waals surface area contributed by atoms with Gasteiger partial charge in [-0.2, -0.15) is 4.37 Å². The third-order valence-corrected chi connectivity index (χ3v) is 5.62. The molecule has 0 spiro atoms. The second-order valence-electron chi connectivity index (χ2n) is 7.04. The number of nitrogens with zero attached hydrogens (tertiary/aromatic N) is 2. The molecule has 4 rings (SSSR count). The van der Waals surface area contributed by atoms with E-state index in [4.69, 9.17) is 4.42 Å². The first-order chi connectivity index (χ1) is 13.5. The summed E-state index contributed by atoms with van der Waals surface area (Å²) in [7, 11) is 0. The molecular weight excluding hydrogens is 370 g/mol. The second kappa shape index (κ2) is 7.20.